The van der Waals surface area contributed by atoms with Gasteiger partial charge in [-0.05, 0) is 6.42 Å². The minimum absolute atomic E-state index is 0.527. The van der Waals surface area contributed by atoms with Gasteiger partial charge >= 0.3 is 0 Å². The van der Waals surface area contributed by atoms with E-state index in [1.54, 1.807) is 0 Å². The fourth-order valence-corrected chi connectivity index (χ4v) is 4.03. The van der Waals surface area contributed by atoms with E-state index >= 15 is 0 Å². The lowest BCUT2D eigenvalue weighted by Gasteiger charge is -2.09. The van der Waals surface area contributed by atoms with Crippen molar-refractivity contribution in [2.75, 3.05) is 139 Å². The molecule has 0 unspecified atom stereocenters. The molecule has 0 rings (SSSR count). The molecule has 0 heterocycles. The van der Waals surface area contributed by atoms with Crippen molar-refractivity contribution in [1.82, 2.24) is 0 Å². The van der Waals surface area contributed by atoms with Gasteiger partial charge in [-0.25, -0.2) is 0 Å². The molecular weight excluding hydrogens is 570 g/mol. The van der Waals surface area contributed by atoms with Gasteiger partial charge in [0.25, 0.3) is 0 Å². The molecule has 266 valence electrons. The predicted molar refractivity (Wildman–Crippen MR) is 174 cm³/mol. The number of rotatable bonds is 41. The second kappa shape index (κ2) is 42.6. The van der Waals surface area contributed by atoms with Crippen LogP contribution in [-0.4, -0.2) is 139 Å². The molecule has 0 radical (unpaired) electrons. The zero-order valence-corrected chi connectivity index (χ0v) is 28.3. The summed E-state index contributed by atoms with van der Waals surface area (Å²) in [6.07, 6.45) is 14.9. The first-order chi connectivity index (χ1) is 21.9. The van der Waals surface area contributed by atoms with Crippen LogP contribution in [0.15, 0.2) is 0 Å². The molecule has 0 bridgehead atoms. The Balaban J connectivity index is 3.03. The van der Waals surface area contributed by atoms with Crippen LogP contribution in [0.4, 0.5) is 0 Å². The molecule has 0 fully saturated rings. The van der Waals surface area contributed by atoms with E-state index in [0.717, 1.165) is 13.0 Å². The number of unbranched alkanes of at least 4 members (excludes halogenated alkanes) is 10. The Labute approximate surface area is 269 Å². The van der Waals surface area contributed by atoms with Crippen molar-refractivity contribution < 1.29 is 47.4 Å². The van der Waals surface area contributed by atoms with E-state index in [4.69, 9.17) is 53.1 Å². The van der Waals surface area contributed by atoms with Crippen molar-refractivity contribution >= 4 is 0 Å². The lowest BCUT2D eigenvalue weighted by atomic mass is 10.1. The molecule has 0 aliphatic rings. The van der Waals surface area contributed by atoms with Crippen molar-refractivity contribution in [3.8, 4) is 0 Å². The van der Waals surface area contributed by atoms with Crippen LogP contribution >= 0.6 is 0 Å². The molecule has 0 aromatic rings. The zero-order chi connectivity index (χ0) is 31.7. The maximum atomic E-state index is 5.65. The third-order valence-electron chi connectivity index (χ3n) is 6.50. The SMILES string of the molecule is CCCCCCCCCCCCCOCCOCCOCCOCCOCCOCCOCCOCCOCCOCCN. The molecule has 44 heavy (non-hydrogen) atoms. The Bertz CT molecular complexity index is 451. The van der Waals surface area contributed by atoms with Gasteiger partial charge in [-0.2, -0.15) is 0 Å². The van der Waals surface area contributed by atoms with E-state index in [0.29, 0.717) is 132 Å². The summed E-state index contributed by atoms with van der Waals surface area (Å²) in [6, 6.07) is 0. The largest absolute Gasteiger partial charge is 0.379 e. The zero-order valence-electron chi connectivity index (χ0n) is 28.3. The molecule has 0 aromatic carbocycles. The van der Waals surface area contributed by atoms with Gasteiger partial charge in [0.2, 0.25) is 0 Å². The Morgan fingerprint density at radius 3 is 0.705 bits per heavy atom. The Morgan fingerprint density at radius 1 is 0.250 bits per heavy atom. The Morgan fingerprint density at radius 2 is 0.455 bits per heavy atom. The van der Waals surface area contributed by atoms with E-state index in [1.807, 2.05) is 0 Å². The topological polar surface area (TPSA) is 118 Å². The van der Waals surface area contributed by atoms with Crippen molar-refractivity contribution in [2.24, 2.45) is 5.73 Å². The molecule has 0 saturated carbocycles. The second-order valence-corrected chi connectivity index (χ2v) is 10.4. The molecule has 0 amide bonds. The fourth-order valence-electron chi connectivity index (χ4n) is 4.03. The van der Waals surface area contributed by atoms with Crippen LogP contribution in [0.1, 0.15) is 77.6 Å². The number of ether oxygens (including phenoxy) is 10. The van der Waals surface area contributed by atoms with Gasteiger partial charge < -0.3 is 53.1 Å². The number of hydrogen-bond acceptors (Lipinski definition) is 11. The molecule has 0 aliphatic heterocycles. The summed E-state index contributed by atoms with van der Waals surface area (Å²) in [5.41, 5.74) is 5.33. The third kappa shape index (κ3) is 41.6. The summed E-state index contributed by atoms with van der Waals surface area (Å²) < 4.78 is 54.7. The fraction of sp³-hybridized carbons (Fsp3) is 1.00. The van der Waals surface area contributed by atoms with Gasteiger partial charge in [-0.15, -0.1) is 0 Å². The molecule has 0 aliphatic carbocycles. The monoisotopic (exact) mass is 639 g/mol. The first kappa shape index (κ1) is 43.6. The first-order valence-corrected chi connectivity index (χ1v) is 17.4. The molecule has 2 N–H and O–H groups in total. The van der Waals surface area contributed by atoms with Crippen LogP contribution in [-0.2, 0) is 47.4 Å². The number of hydrogen-bond donors (Lipinski definition) is 1. The molecular formula is C33H69NO10. The van der Waals surface area contributed by atoms with E-state index in [-0.39, 0.29) is 0 Å². The van der Waals surface area contributed by atoms with Gasteiger partial charge in [0.15, 0.2) is 0 Å². The molecule has 0 spiro atoms. The lowest BCUT2D eigenvalue weighted by molar-refractivity contribution is -0.0263. The van der Waals surface area contributed by atoms with Crippen molar-refractivity contribution in [2.45, 2.75) is 77.6 Å². The maximum absolute atomic E-state index is 5.65. The summed E-state index contributed by atoms with van der Waals surface area (Å²) in [5.74, 6) is 0. The maximum Gasteiger partial charge on any atom is 0.0701 e. The highest BCUT2D eigenvalue weighted by Crippen LogP contribution is 2.11. The van der Waals surface area contributed by atoms with Gasteiger partial charge in [-0.3, -0.25) is 0 Å². The van der Waals surface area contributed by atoms with Gasteiger partial charge in [0, 0.05) is 13.2 Å². The molecule has 11 heteroatoms. The minimum Gasteiger partial charge on any atom is -0.379 e. The van der Waals surface area contributed by atoms with Gasteiger partial charge in [-0.1, -0.05) is 71.1 Å². The van der Waals surface area contributed by atoms with Crippen LogP contribution in [0.5, 0.6) is 0 Å². The summed E-state index contributed by atoms with van der Waals surface area (Å²) >= 11 is 0. The number of nitrogens with two attached hydrogens (primary N) is 1. The van der Waals surface area contributed by atoms with Crippen LogP contribution < -0.4 is 5.73 Å². The predicted octanol–water partition coefficient (Wildman–Crippen LogP) is 4.42. The van der Waals surface area contributed by atoms with Crippen molar-refractivity contribution in [3.05, 3.63) is 0 Å². The van der Waals surface area contributed by atoms with E-state index in [2.05, 4.69) is 6.92 Å². The summed E-state index contributed by atoms with van der Waals surface area (Å²) in [7, 11) is 0. The summed E-state index contributed by atoms with van der Waals surface area (Å²) in [5, 5.41) is 0. The average Bonchev–Trinajstić information content (AvgIpc) is 3.04. The van der Waals surface area contributed by atoms with E-state index < -0.39 is 0 Å². The highest BCUT2D eigenvalue weighted by atomic mass is 16.6. The van der Waals surface area contributed by atoms with Gasteiger partial charge in [0.05, 0.1) is 126 Å². The molecule has 0 atom stereocenters. The van der Waals surface area contributed by atoms with Crippen molar-refractivity contribution in [1.29, 1.82) is 0 Å². The van der Waals surface area contributed by atoms with Crippen molar-refractivity contribution in [3.63, 3.8) is 0 Å². The quantitative estimate of drug-likeness (QED) is 0.0958. The summed E-state index contributed by atoms with van der Waals surface area (Å²) in [6.45, 7) is 14.1. The summed E-state index contributed by atoms with van der Waals surface area (Å²) in [4.78, 5) is 0. The van der Waals surface area contributed by atoms with Crippen LogP contribution in [0, 0.1) is 0 Å². The van der Waals surface area contributed by atoms with Crippen LogP contribution in [0.25, 0.3) is 0 Å². The van der Waals surface area contributed by atoms with Crippen LogP contribution in [0.3, 0.4) is 0 Å². The van der Waals surface area contributed by atoms with Crippen LogP contribution in [0.2, 0.25) is 0 Å². The lowest BCUT2D eigenvalue weighted by Crippen LogP contribution is -2.15. The van der Waals surface area contributed by atoms with E-state index in [9.17, 15) is 0 Å². The molecule has 0 saturated heterocycles. The van der Waals surface area contributed by atoms with Gasteiger partial charge in [0.1, 0.15) is 0 Å². The highest BCUT2D eigenvalue weighted by Gasteiger charge is 1.97. The normalized spacial score (nSPS) is 11.6. The highest BCUT2D eigenvalue weighted by molar-refractivity contribution is 4.48. The average molecular weight is 640 g/mol. The second-order valence-electron chi connectivity index (χ2n) is 10.4. The standard InChI is InChI=1S/C33H69NO10/c1-2-3-4-5-6-7-8-9-10-11-12-14-35-16-18-37-20-22-39-24-26-41-28-30-43-32-33-44-31-29-42-27-25-40-23-21-38-19-17-36-15-13-34/h2-34H2,1H3. The minimum atomic E-state index is 0.527. The smallest absolute Gasteiger partial charge is 0.0701 e. The Hall–Kier alpha value is -0.440. The first-order valence-electron chi connectivity index (χ1n) is 17.4. The molecule has 0 aromatic heterocycles. The Kier molecular flexibility index (Phi) is 42.1. The third-order valence-corrected chi connectivity index (χ3v) is 6.50. The van der Waals surface area contributed by atoms with E-state index in [1.165, 1.54) is 64.2 Å². The molecule has 11 nitrogen and oxygen atoms in total.